The molecule has 3 heterocycles. The maximum Gasteiger partial charge on any atom is 0.141 e. The lowest BCUT2D eigenvalue weighted by Crippen LogP contribution is -2.64. The van der Waals surface area contributed by atoms with Crippen LogP contribution in [0.5, 0.6) is 0 Å². The molecule has 0 bridgehead atoms. The summed E-state index contributed by atoms with van der Waals surface area (Å²) in [7, 11) is 0. The Labute approximate surface area is 173 Å². The highest BCUT2D eigenvalue weighted by atomic mass is 35.5. The van der Waals surface area contributed by atoms with Gasteiger partial charge in [-0.1, -0.05) is 29.3 Å². The Kier molecular flexibility index (Phi) is 5.65. The van der Waals surface area contributed by atoms with Gasteiger partial charge in [0.15, 0.2) is 0 Å². The fraction of sp³-hybridized carbons (Fsp3) is 0.667. The molecule has 8 atom stereocenters. The van der Waals surface area contributed by atoms with Crippen LogP contribution >= 0.6 is 23.2 Å². The normalized spacial score (nSPS) is 42.5. The molecule has 8 nitrogen and oxygen atoms in total. The third-order valence-corrected chi connectivity index (χ3v) is 6.96. The number of halogens is 2. The third kappa shape index (κ3) is 3.35. The van der Waals surface area contributed by atoms with Gasteiger partial charge in [0.1, 0.15) is 30.1 Å². The molecule has 0 aliphatic carbocycles. The highest BCUT2D eigenvalue weighted by Gasteiger charge is 2.59. The number of benzene rings is 1. The highest BCUT2D eigenvalue weighted by Crippen LogP contribution is 2.42. The molecule has 0 saturated carbocycles. The van der Waals surface area contributed by atoms with Crippen molar-refractivity contribution in [3.63, 3.8) is 0 Å². The first-order valence-corrected chi connectivity index (χ1v) is 10.1. The van der Waals surface area contributed by atoms with Crippen molar-refractivity contribution in [1.29, 1.82) is 0 Å². The Bertz CT molecular complexity index is 740. The number of aliphatic hydroxyl groups is 3. The Hall–Kier alpha value is -0.520. The van der Waals surface area contributed by atoms with Crippen LogP contribution in [0.1, 0.15) is 25.0 Å². The molecular weight excluding hydrogens is 407 g/mol. The minimum atomic E-state index is -1.66. The Morgan fingerprint density at radius 3 is 2.79 bits per heavy atom. The monoisotopic (exact) mass is 432 g/mol. The molecule has 1 aromatic rings. The first-order valence-electron chi connectivity index (χ1n) is 9.39. The van der Waals surface area contributed by atoms with Gasteiger partial charge in [-0.15, -0.1) is 0 Å². The maximum atomic E-state index is 11.0. The van der Waals surface area contributed by atoms with Crippen LogP contribution in [-0.2, 0) is 4.74 Å². The first kappa shape index (κ1) is 20.7. The number of likely N-dealkylation sites (tertiary alicyclic amines) is 1. The van der Waals surface area contributed by atoms with Crippen molar-refractivity contribution in [2.75, 3.05) is 13.2 Å². The zero-order valence-electron chi connectivity index (χ0n) is 15.4. The van der Waals surface area contributed by atoms with E-state index in [1.807, 2.05) is 4.90 Å². The molecular formula is C18H26Cl2N4O4. The van der Waals surface area contributed by atoms with Crippen molar-refractivity contribution in [1.82, 2.24) is 15.5 Å². The molecule has 0 amide bonds. The molecule has 4 rings (SSSR count). The summed E-state index contributed by atoms with van der Waals surface area (Å²) >= 11 is 12.0. The summed E-state index contributed by atoms with van der Waals surface area (Å²) in [5.74, 6) is 0.161. The van der Waals surface area contributed by atoms with E-state index in [-0.39, 0.29) is 18.2 Å². The Morgan fingerprint density at radius 2 is 2.07 bits per heavy atom. The Morgan fingerprint density at radius 1 is 1.32 bits per heavy atom. The number of fused-ring (bicyclic) bond motifs is 1. The van der Waals surface area contributed by atoms with E-state index in [4.69, 9.17) is 33.7 Å². The van der Waals surface area contributed by atoms with E-state index in [1.165, 1.54) is 13.0 Å². The lowest BCUT2D eigenvalue weighted by Gasteiger charge is -2.39. The van der Waals surface area contributed by atoms with E-state index in [0.29, 0.717) is 28.8 Å². The van der Waals surface area contributed by atoms with E-state index in [1.54, 1.807) is 12.1 Å². The zero-order valence-corrected chi connectivity index (χ0v) is 16.9. The second-order valence-electron chi connectivity index (χ2n) is 7.98. The van der Waals surface area contributed by atoms with Gasteiger partial charge in [-0.3, -0.25) is 15.5 Å². The van der Waals surface area contributed by atoms with E-state index < -0.39 is 30.1 Å². The SMILES string of the molecule is C[C@@]1(O)[C@@H]([C@H](O)c2ccc(Cl)c(Cl)c2)O[C@@H](N2CCC3C(N)NCNC32)[C@@H]1O. The molecule has 3 fully saturated rings. The van der Waals surface area contributed by atoms with Crippen LogP contribution < -0.4 is 16.4 Å². The van der Waals surface area contributed by atoms with Crippen LogP contribution in [0.3, 0.4) is 0 Å². The Balaban J connectivity index is 1.57. The van der Waals surface area contributed by atoms with E-state index in [9.17, 15) is 15.3 Å². The molecule has 0 spiro atoms. The van der Waals surface area contributed by atoms with Crippen molar-refractivity contribution >= 4 is 23.2 Å². The van der Waals surface area contributed by atoms with Gasteiger partial charge in [0.25, 0.3) is 0 Å². The summed E-state index contributed by atoms with van der Waals surface area (Å²) in [5, 5.41) is 39.9. The largest absolute Gasteiger partial charge is 0.386 e. The molecule has 1 aromatic carbocycles. The molecule has 3 aliphatic rings. The summed E-state index contributed by atoms with van der Waals surface area (Å²) < 4.78 is 6.04. The van der Waals surface area contributed by atoms with Gasteiger partial charge < -0.3 is 25.8 Å². The number of rotatable bonds is 3. The summed E-state index contributed by atoms with van der Waals surface area (Å²) in [6.07, 6.45) is -3.60. The number of nitrogens with two attached hydrogens (primary N) is 1. The topological polar surface area (TPSA) is 123 Å². The van der Waals surface area contributed by atoms with Crippen LogP contribution in [-0.4, -0.2) is 69.8 Å². The number of nitrogens with zero attached hydrogens (tertiary/aromatic N) is 1. The number of ether oxygens (including phenoxy) is 1. The van der Waals surface area contributed by atoms with Crippen LogP contribution in [0.15, 0.2) is 18.2 Å². The maximum absolute atomic E-state index is 11.0. The predicted molar refractivity (Wildman–Crippen MR) is 104 cm³/mol. The minimum Gasteiger partial charge on any atom is -0.386 e. The summed E-state index contributed by atoms with van der Waals surface area (Å²) in [5.41, 5.74) is 4.94. The quantitative estimate of drug-likeness (QED) is 0.392. The summed E-state index contributed by atoms with van der Waals surface area (Å²) in [4.78, 5) is 1.98. The molecule has 3 aliphatic heterocycles. The lowest BCUT2D eigenvalue weighted by molar-refractivity contribution is -0.133. The molecule has 0 aromatic heterocycles. The van der Waals surface area contributed by atoms with Crippen LogP contribution in [0.25, 0.3) is 0 Å². The van der Waals surface area contributed by atoms with Gasteiger partial charge in [0.05, 0.1) is 22.4 Å². The molecule has 3 unspecified atom stereocenters. The molecule has 3 saturated heterocycles. The summed E-state index contributed by atoms with van der Waals surface area (Å²) in [6.45, 7) is 2.68. The minimum absolute atomic E-state index is 0.0763. The molecule has 0 radical (unpaired) electrons. The predicted octanol–water partition coefficient (Wildman–Crippen LogP) is -0.0533. The van der Waals surface area contributed by atoms with Crippen molar-refractivity contribution in [2.45, 2.75) is 55.8 Å². The fourth-order valence-corrected chi connectivity index (χ4v) is 4.85. The van der Waals surface area contributed by atoms with Crippen molar-refractivity contribution < 1.29 is 20.1 Å². The van der Waals surface area contributed by atoms with E-state index in [0.717, 1.165) is 6.42 Å². The van der Waals surface area contributed by atoms with Gasteiger partial charge in [0.2, 0.25) is 0 Å². The summed E-state index contributed by atoms with van der Waals surface area (Å²) in [6, 6.07) is 4.73. The molecule has 7 N–H and O–H groups in total. The van der Waals surface area contributed by atoms with Crippen molar-refractivity contribution in [2.24, 2.45) is 11.7 Å². The highest BCUT2D eigenvalue weighted by molar-refractivity contribution is 6.42. The van der Waals surface area contributed by atoms with E-state index in [2.05, 4.69) is 10.6 Å². The second-order valence-corrected chi connectivity index (χ2v) is 8.80. The van der Waals surface area contributed by atoms with Crippen LogP contribution in [0.2, 0.25) is 10.0 Å². The number of hydrogen-bond donors (Lipinski definition) is 6. The van der Waals surface area contributed by atoms with Crippen LogP contribution in [0.4, 0.5) is 0 Å². The van der Waals surface area contributed by atoms with Gasteiger partial charge in [-0.05, 0) is 31.0 Å². The fourth-order valence-electron chi connectivity index (χ4n) is 4.55. The average Bonchev–Trinajstić information content (AvgIpc) is 3.17. The molecule has 156 valence electrons. The lowest BCUT2D eigenvalue weighted by atomic mass is 9.88. The van der Waals surface area contributed by atoms with Gasteiger partial charge in [-0.25, -0.2) is 0 Å². The average molecular weight is 433 g/mol. The number of aliphatic hydroxyl groups excluding tert-OH is 2. The van der Waals surface area contributed by atoms with Crippen molar-refractivity contribution in [3.05, 3.63) is 33.8 Å². The van der Waals surface area contributed by atoms with Crippen molar-refractivity contribution in [3.8, 4) is 0 Å². The second kappa shape index (κ2) is 7.63. The number of hydrogen-bond acceptors (Lipinski definition) is 8. The van der Waals surface area contributed by atoms with Gasteiger partial charge in [-0.2, -0.15) is 0 Å². The molecule has 28 heavy (non-hydrogen) atoms. The van der Waals surface area contributed by atoms with Crippen LogP contribution in [0, 0.1) is 5.92 Å². The first-order chi connectivity index (χ1) is 13.2. The van der Waals surface area contributed by atoms with E-state index >= 15 is 0 Å². The zero-order chi connectivity index (χ0) is 20.2. The smallest absolute Gasteiger partial charge is 0.141 e. The third-order valence-electron chi connectivity index (χ3n) is 6.22. The standard InChI is InChI=1S/C18H26Cl2N4O4/c1-18(27)13(26)17(24-5-4-9-15(21)22-7-23-16(9)24)28-14(18)12(25)8-2-3-10(19)11(20)6-8/h2-3,6,9,12-17,22-23,25-27H,4-5,7,21H2,1H3/t9?,12-,13+,14-,15?,16?,17-,18+/m1/s1. The number of nitrogens with one attached hydrogen (secondary N) is 2. The van der Waals surface area contributed by atoms with Gasteiger partial charge in [0, 0.05) is 19.1 Å². The van der Waals surface area contributed by atoms with Gasteiger partial charge >= 0.3 is 0 Å². The molecule has 10 heteroatoms.